The van der Waals surface area contributed by atoms with Crippen molar-refractivity contribution in [3.8, 4) is 0 Å². The van der Waals surface area contributed by atoms with Gasteiger partial charge in [-0.25, -0.2) is 0 Å². The Bertz CT molecular complexity index is 915. The Morgan fingerprint density at radius 2 is 1.58 bits per heavy atom. The summed E-state index contributed by atoms with van der Waals surface area (Å²) in [7, 11) is 0. The van der Waals surface area contributed by atoms with E-state index in [4.69, 9.17) is 0 Å². The molecule has 1 fully saturated rings. The van der Waals surface area contributed by atoms with Crippen molar-refractivity contribution in [2.75, 3.05) is 5.75 Å². The Balaban J connectivity index is 1.65. The van der Waals surface area contributed by atoms with Crippen LogP contribution in [0.15, 0.2) is 42.5 Å². The van der Waals surface area contributed by atoms with Gasteiger partial charge in [0.25, 0.3) is 0 Å². The Morgan fingerprint density at radius 1 is 0.939 bits per heavy atom. The van der Waals surface area contributed by atoms with Crippen LogP contribution in [0.1, 0.15) is 66.8 Å². The first-order chi connectivity index (χ1) is 15.8. The van der Waals surface area contributed by atoms with E-state index in [9.17, 15) is 9.59 Å². The van der Waals surface area contributed by atoms with Crippen LogP contribution in [-0.2, 0) is 21.9 Å². The van der Waals surface area contributed by atoms with Crippen LogP contribution in [0.5, 0.6) is 0 Å². The molecule has 2 aromatic carbocycles. The normalized spacial score (nSPS) is 15.2. The number of nitrogens with one attached hydrogen (secondary N) is 1. The minimum Gasteiger partial charge on any atom is -0.352 e. The molecule has 2 aromatic rings. The SMILES string of the molecule is Cc1ccc(CN(C(=O)CSCc2cc(C)cc(C)c2)[C@H](C)C(=O)NC2CCCCC2)cc1. The van der Waals surface area contributed by atoms with Gasteiger partial charge in [0.2, 0.25) is 11.8 Å². The van der Waals surface area contributed by atoms with Gasteiger partial charge in [0.05, 0.1) is 5.75 Å². The van der Waals surface area contributed by atoms with E-state index >= 15 is 0 Å². The van der Waals surface area contributed by atoms with Crippen LogP contribution in [0.3, 0.4) is 0 Å². The summed E-state index contributed by atoms with van der Waals surface area (Å²) in [6, 6.07) is 14.5. The molecular formula is C28H38N2O2S. The summed E-state index contributed by atoms with van der Waals surface area (Å²) in [5, 5.41) is 3.20. The number of hydrogen-bond acceptors (Lipinski definition) is 3. The van der Waals surface area contributed by atoms with Gasteiger partial charge in [-0.2, -0.15) is 0 Å². The number of rotatable bonds is 9. The molecule has 0 heterocycles. The fourth-order valence-corrected chi connectivity index (χ4v) is 5.38. The molecule has 1 aliphatic rings. The van der Waals surface area contributed by atoms with Crippen LogP contribution in [0.25, 0.3) is 0 Å². The summed E-state index contributed by atoms with van der Waals surface area (Å²) in [5.74, 6) is 1.12. The lowest BCUT2D eigenvalue weighted by atomic mass is 9.95. The van der Waals surface area contributed by atoms with Gasteiger partial charge < -0.3 is 10.2 Å². The van der Waals surface area contributed by atoms with Crippen LogP contribution < -0.4 is 5.32 Å². The van der Waals surface area contributed by atoms with Crippen molar-refractivity contribution in [1.82, 2.24) is 10.2 Å². The van der Waals surface area contributed by atoms with Crippen LogP contribution >= 0.6 is 11.8 Å². The number of carbonyl (C=O) groups excluding carboxylic acids is 2. The topological polar surface area (TPSA) is 49.4 Å². The molecular weight excluding hydrogens is 428 g/mol. The van der Waals surface area contributed by atoms with Crippen LogP contribution in [0.4, 0.5) is 0 Å². The van der Waals surface area contributed by atoms with Gasteiger partial charge in [0, 0.05) is 18.3 Å². The van der Waals surface area contributed by atoms with Gasteiger partial charge in [-0.3, -0.25) is 9.59 Å². The second-order valence-corrected chi connectivity index (χ2v) is 10.5. The average Bonchev–Trinajstić information content (AvgIpc) is 2.78. The van der Waals surface area contributed by atoms with Crippen LogP contribution in [0, 0.1) is 20.8 Å². The van der Waals surface area contributed by atoms with Crippen molar-refractivity contribution >= 4 is 23.6 Å². The lowest BCUT2D eigenvalue weighted by Gasteiger charge is -2.31. The summed E-state index contributed by atoms with van der Waals surface area (Å²) >= 11 is 1.62. The zero-order valence-electron chi connectivity index (χ0n) is 20.5. The molecule has 0 saturated heterocycles. The molecule has 5 heteroatoms. The van der Waals surface area contributed by atoms with E-state index in [1.807, 2.05) is 19.1 Å². The molecule has 0 radical (unpaired) electrons. The van der Waals surface area contributed by atoms with E-state index in [1.54, 1.807) is 16.7 Å². The maximum atomic E-state index is 13.3. The van der Waals surface area contributed by atoms with E-state index in [-0.39, 0.29) is 17.9 Å². The van der Waals surface area contributed by atoms with E-state index in [1.165, 1.54) is 41.5 Å². The molecule has 0 aromatic heterocycles. The number of aryl methyl sites for hydroxylation is 3. The predicted octanol–water partition coefficient (Wildman–Crippen LogP) is 5.71. The molecule has 0 unspecified atom stereocenters. The predicted molar refractivity (Wildman–Crippen MR) is 138 cm³/mol. The third-order valence-corrected chi connectivity index (χ3v) is 7.36. The van der Waals surface area contributed by atoms with E-state index in [0.29, 0.717) is 12.3 Å². The fourth-order valence-electron chi connectivity index (χ4n) is 4.53. The molecule has 1 aliphatic carbocycles. The second-order valence-electron chi connectivity index (χ2n) is 9.52. The van der Waals surface area contributed by atoms with Gasteiger partial charge in [-0.15, -0.1) is 11.8 Å². The van der Waals surface area contributed by atoms with Crippen molar-refractivity contribution in [1.29, 1.82) is 0 Å². The number of carbonyl (C=O) groups is 2. The largest absolute Gasteiger partial charge is 0.352 e. The second kappa shape index (κ2) is 12.3. The Morgan fingerprint density at radius 3 is 2.21 bits per heavy atom. The lowest BCUT2D eigenvalue weighted by molar-refractivity contribution is -0.139. The van der Waals surface area contributed by atoms with Crippen LogP contribution in [-0.4, -0.2) is 34.6 Å². The van der Waals surface area contributed by atoms with Crippen molar-refractivity contribution in [2.24, 2.45) is 0 Å². The maximum Gasteiger partial charge on any atom is 0.242 e. The standard InChI is InChI=1S/C28H38N2O2S/c1-20-10-12-24(13-11-20)17-30(23(4)28(32)29-26-8-6-5-7-9-26)27(31)19-33-18-25-15-21(2)14-22(3)16-25/h10-16,23,26H,5-9,17-19H2,1-4H3,(H,29,32)/t23-/m1/s1. The number of nitrogens with zero attached hydrogens (tertiary/aromatic N) is 1. The minimum absolute atomic E-state index is 0.0104. The Kier molecular flexibility index (Phi) is 9.42. The van der Waals surface area contributed by atoms with Gasteiger partial charge >= 0.3 is 0 Å². The molecule has 1 saturated carbocycles. The summed E-state index contributed by atoms with van der Waals surface area (Å²) in [4.78, 5) is 28.1. The molecule has 1 N–H and O–H groups in total. The molecule has 4 nitrogen and oxygen atoms in total. The van der Waals surface area contributed by atoms with Gasteiger partial charge in [0.15, 0.2) is 0 Å². The van der Waals surface area contributed by atoms with E-state index in [0.717, 1.165) is 24.2 Å². The maximum absolute atomic E-state index is 13.3. The molecule has 0 aliphatic heterocycles. The number of hydrogen-bond donors (Lipinski definition) is 1. The Labute approximate surface area is 203 Å². The zero-order chi connectivity index (χ0) is 23.8. The van der Waals surface area contributed by atoms with Crippen molar-refractivity contribution in [3.05, 3.63) is 70.3 Å². The summed E-state index contributed by atoms with van der Waals surface area (Å²) in [6.07, 6.45) is 5.66. The first-order valence-electron chi connectivity index (χ1n) is 12.1. The highest BCUT2D eigenvalue weighted by atomic mass is 32.2. The number of benzene rings is 2. The average molecular weight is 467 g/mol. The van der Waals surface area contributed by atoms with Crippen molar-refractivity contribution in [3.63, 3.8) is 0 Å². The smallest absolute Gasteiger partial charge is 0.242 e. The van der Waals surface area contributed by atoms with Crippen molar-refractivity contribution in [2.45, 2.75) is 84.2 Å². The highest BCUT2D eigenvalue weighted by Crippen LogP contribution is 2.20. The fraction of sp³-hybridized carbons (Fsp3) is 0.500. The number of thioether (sulfide) groups is 1. The summed E-state index contributed by atoms with van der Waals surface area (Å²) in [6.45, 7) is 8.56. The first-order valence-corrected chi connectivity index (χ1v) is 13.3. The van der Waals surface area contributed by atoms with Gasteiger partial charge in [-0.1, -0.05) is 78.4 Å². The molecule has 178 valence electrons. The summed E-state index contributed by atoms with van der Waals surface area (Å²) < 4.78 is 0. The third kappa shape index (κ3) is 7.92. The van der Waals surface area contributed by atoms with Gasteiger partial charge in [0.1, 0.15) is 6.04 Å². The molecule has 0 bridgehead atoms. The quantitative estimate of drug-likeness (QED) is 0.515. The highest BCUT2D eigenvalue weighted by molar-refractivity contribution is 7.99. The molecule has 0 spiro atoms. The van der Waals surface area contributed by atoms with Gasteiger partial charge in [-0.05, 0) is 51.7 Å². The summed E-state index contributed by atoms with van der Waals surface area (Å²) in [5.41, 5.74) is 5.95. The molecule has 3 rings (SSSR count). The first kappa shape index (κ1) is 25.4. The van der Waals surface area contributed by atoms with E-state index in [2.05, 4.69) is 56.4 Å². The minimum atomic E-state index is -0.498. The van der Waals surface area contributed by atoms with Crippen molar-refractivity contribution < 1.29 is 9.59 Å². The third-order valence-electron chi connectivity index (χ3n) is 6.37. The van der Waals surface area contributed by atoms with E-state index < -0.39 is 6.04 Å². The number of amides is 2. The highest BCUT2D eigenvalue weighted by Gasteiger charge is 2.28. The van der Waals surface area contributed by atoms with Crippen LogP contribution in [0.2, 0.25) is 0 Å². The molecule has 33 heavy (non-hydrogen) atoms. The Hall–Kier alpha value is -2.27. The molecule has 2 amide bonds. The molecule has 1 atom stereocenters. The zero-order valence-corrected chi connectivity index (χ0v) is 21.3. The monoisotopic (exact) mass is 466 g/mol. The lowest BCUT2D eigenvalue weighted by Crippen LogP contribution is -2.50.